The Morgan fingerprint density at radius 2 is 1.71 bits per heavy atom. The first-order valence-corrected chi connectivity index (χ1v) is 17.3. The second-order valence-electron chi connectivity index (χ2n) is 13.5. The van der Waals surface area contributed by atoms with Crippen LogP contribution in [0.1, 0.15) is 69.1 Å². The second kappa shape index (κ2) is 14.1. The minimum Gasteiger partial charge on any atom is -0.496 e. The predicted molar refractivity (Wildman–Crippen MR) is 193 cm³/mol. The molecule has 0 bridgehead atoms. The maximum absolute atomic E-state index is 13.3. The van der Waals surface area contributed by atoms with E-state index in [0.717, 1.165) is 45.5 Å². The van der Waals surface area contributed by atoms with Gasteiger partial charge in [0, 0.05) is 81.2 Å². The highest BCUT2D eigenvalue weighted by Crippen LogP contribution is 2.42. The molecule has 1 unspecified atom stereocenters. The number of ether oxygens (including phenoxy) is 2. The lowest BCUT2D eigenvalue weighted by molar-refractivity contribution is -0.124. The molecule has 2 aromatic heterocycles. The molecule has 2 fully saturated rings. The lowest BCUT2D eigenvalue weighted by atomic mass is 9.96. The molecule has 4 heterocycles. The Balaban J connectivity index is 1.07. The largest absolute Gasteiger partial charge is 0.496 e. The van der Waals surface area contributed by atoms with Gasteiger partial charge in [0.25, 0.3) is 17.4 Å². The third-order valence-corrected chi connectivity index (χ3v) is 10.1. The Labute approximate surface area is 300 Å². The molecular formula is C40H39N5O7. The molecule has 0 spiro atoms. The molecule has 1 aliphatic carbocycles. The highest BCUT2D eigenvalue weighted by Gasteiger charge is 2.42. The number of likely N-dealkylation sites (tertiary alicyclic amines) is 1. The predicted octanol–water partition coefficient (Wildman–Crippen LogP) is 3.67. The summed E-state index contributed by atoms with van der Waals surface area (Å²) in [5.74, 6) is 6.70. The number of aromatic nitrogens is 2. The van der Waals surface area contributed by atoms with Crippen LogP contribution in [0.2, 0.25) is 0 Å². The zero-order valence-corrected chi connectivity index (χ0v) is 29.5. The Kier molecular flexibility index (Phi) is 9.38. The van der Waals surface area contributed by atoms with Crippen molar-refractivity contribution in [2.45, 2.75) is 44.2 Å². The van der Waals surface area contributed by atoms with Gasteiger partial charge in [0.2, 0.25) is 5.91 Å². The van der Waals surface area contributed by atoms with Gasteiger partial charge in [0.1, 0.15) is 23.8 Å². The van der Waals surface area contributed by atoms with Gasteiger partial charge < -0.3 is 24.2 Å². The molecule has 0 radical (unpaired) electrons. The number of fused-ring (bicyclic) bond motifs is 2. The molecule has 1 saturated heterocycles. The van der Waals surface area contributed by atoms with Gasteiger partial charge in [-0.2, -0.15) is 0 Å². The van der Waals surface area contributed by atoms with Crippen LogP contribution in [0.4, 0.5) is 0 Å². The first-order valence-electron chi connectivity index (χ1n) is 17.3. The van der Waals surface area contributed by atoms with Gasteiger partial charge in [-0.3, -0.25) is 34.0 Å². The normalized spacial score (nSPS) is 16.2. The molecular weight excluding hydrogens is 662 g/mol. The van der Waals surface area contributed by atoms with Gasteiger partial charge in [0.15, 0.2) is 0 Å². The summed E-state index contributed by atoms with van der Waals surface area (Å²) in [5.41, 5.74) is 4.60. The van der Waals surface area contributed by atoms with Crippen molar-refractivity contribution in [1.29, 1.82) is 0 Å². The molecule has 4 aromatic rings. The Morgan fingerprint density at radius 1 is 1.00 bits per heavy atom. The van der Waals surface area contributed by atoms with E-state index in [0.29, 0.717) is 54.3 Å². The summed E-state index contributed by atoms with van der Waals surface area (Å²) in [6.45, 7) is 2.00. The van der Waals surface area contributed by atoms with E-state index in [4.69, 9.17) is 9.47 Å². The quantitative estimate of drug-likeness (QED) is 0.141. The third kappa shape index (κ3) is 6.32. The van der Waals surface area contributed by atoms with Crippen molar-refractivity contribution in [2.24, 2.45) is 13.0 Å². The Hall–Kier alpha value is -5.80. The molecule has 3 amide bonds. The summed E-state index contributed by atoms with van der Waals surface area (Å²) in [6.07, 6.45) is 6.53. The molecule has 1 N–H and O–H groups in total. The monoisotopic (exact) mass is 701 g/mol. The van der Waals surface area contributed by atoms with Crippen molar-refractivity contribution in [3.8, 4) is 34.5 Å². The first kappa shape index (κ1) is 34.6. The highest BCUT2D eigenvalue weighted by atomic mass is 16.5. The number of aryl methyl sites for hydroxylation is 1. The lowest BCUT2D eigenvalue weighted by Crippen LogP contribution is -2.48. The van der Waals surface area contributed by atoms with E-state index in [2.05, 4.69) is 27.0 Å². The molecule has 12 nitrogen and oxygen atoms in total. The van der Waals surface area contributed by atoms with Gasteiger partial charge in [0.05, 0.1) is 36.3 Å². The van der Waals surface area contributed by atoms with Crippen molar-refractivity contribution in [3.05, 3.63) is 87.1 Å². The summed E-state index contributed by atoms with van der Waals surface area (Å²) in [4.78, 5) is 70.6. The van der Waals surface area contributed by atoms with Crippen molar-refractivity contribution in [2.75, 3.05) is 34.4 Å². The molecule has 7 rings (SSSR count). The summed E-state index contributed by atoms with van der Waals surface area (Å²) < 4.78 is 13.4. The van der Waals surface area contributed by atoms with E-state index >= 15 is 0 Å². The second-order valence-corrected chi connectivity index (χ2v) is 13.5. The van der Waals surface area contributed by atoms with E-state index in [1.54, 1.807) is 50.2 Å². The van der Waals surface area contributed by atoms with Crippen LogP contribution in [-0.4, -0.2) is 83.8 Å². The Morgan fingerprint density at radius 3 is 2.37 bits per heavy atom. The first-order chi connectivity index (χ1) is 25.1. The number of carbonyl (C=O) groups is 4. The number of nitrogens with one attached hydrogen (secondary N) is 1. The SMILES string of the molecule is CNC(=O)C(CCC=O)N1C(=O)c2ccc(C#CC3CN(Cc4c(OC)cc(-c5cn(C)c(=O)c6cnc(C7CC7)cc56)cc4OC)C3)cc2C1=O. The zero-order chi connectivity index (χ0) is 36.7. The number of benzene rings is 2. The number of likely N-dealkylation sites (N-methyl/N-ethyl adjacent to an activating group) is 1. The van der Waals surface area contributed by atoms with Crippen LogP contribution in [0.5, 0.6) is 11.5 Å². The fourth-order valence-electron chi connectivity index (χ4n) is 7.09. The summed E-state index contributed by atoms with van der Waals surface area (Å²) >= 11 is 0. The molecule has 3 aliphatic rings. The average Bonchev–Trinajstić information content (AvgIpc) is 3.97. The van der Waals surface area contributed by atoms with Gasteiger partial charge in [-0.15, -0.1) is 0 Å². The molecule has 1 saturated carbocycles. The number of nitrogens with zero attached hydrogens (tertiary/aromatic N) is 4. The highest BCUT2D eigenvalue weighted by molar-refractivity contribution is 6.23. The summed E-state index contributed by atoms with van der Waals surface area (Å²) in [5, 5.41) is 3.91. The third-order valence-electron chi connectivity index (χ3n) is 10.1. The minimum absolute atomic E-state index is 0.0406. The van der Waals surface area contributed by atoms with Crippen molar-refractivity contribution >= 4 is 34.8 Å². The number of amides is 3. The van der Waals surface area contributed by atoms with E-state index < -0.39 is 23.8 Å². The Bertz CT molecular complexity index is 2230. The number of hydrogen-bond donors (Lipinski definition) is 1. The maximum atomic E-state index is 13.3. The molecule has 2 aliphatic heterocycles. The van der Waals surface area contributed by atoms with Crippen molar-refractivity contribution in [1.82, 2.24) is 24.7 Å². The number of aldehydes is 1. The van der Waals surface area contributed by atoms with E-state index in [9.17, 15) is 24.0 Å². The number of pyridine rings is 2. The summed E-state index contributed by atoms with van der Waals surface area (Å²) in [7, 11) is 6.44. The van der Waals surface area contributed by atoms with Crippen LogP contribution in [0.3, 0.4) is 0 Å². The van der Waals surface area contributed by atoms with Crippen molar-refractivity contribution < 1.29 is 28.7 Å². The number of imide groups is 1. The van der Waals surface area contributed by atoms with Crippen LogP contribution in [0.15, 0.2) is 53.6 Å². The number of hydrogen-bond acceptors (Lipinski definition) is 9. The molecule has 2 aromatic carbocycles. The van der Waals surface area contributed by atoms with Gasteiger partial charge in [-0.05, 0) is 66.6 Å². The average molecular weight is 702 g/mol. The maximum Gasteiger partial charge on any atom is 0.262 e. The number of methoxy groups -OCH3 is 2. The van der Waals surface area contributed by atoms with E-state index in [1.807, 2.05) is 24.4 Å². The van der Waals surface area contributed by atoms with E-state index in [-0.39, 0.29) is 35.4 Å². The topological polar surface area (TPSA) is 140 Å². The van der Waals surface area contributed by atoms with Crippen molar-refractivity contribution in [3.63, 3.8) is 0 Å². The smallest absolute Gasteiger partial charge is 0.262 e. The van der Waals surface area contributed by atoms with Crippen LogP contribution < -0.4 is 20.3 Å². The van der Waals surface area contributed by atoms with Gasteiger partial charge >= 0.3 is 0 Å². The lowest BCUT2D eigenvalue weighted by Gasteiger charge is -2.37. The number of carbonyl (C=O) groups excluding carboxylic acids is 4. The molecule has 12 heteroatoms. The molecule has 1 atom stereocenters. The zero-order valence-electron chi connectivity index (χ0n) is 29.5. The standard InChI is InChI=1S/C40H39N5O7/c1-41-37(47)34(6-5-13-46)45-39(49)27-12-9-23(14-29(27)40(45)50)7-8-24-19-44(20-24)22-32-35(51-3)15-26(16-36(32)52-4)31-21-43(2)38(48)30-18-42-33(17-28(30)31)25-10-11-25/h9,12-18,21,24-25,34H,5-6,10-11,19-20,22H2,1-4H3,(H,41,47). The number of rotatable bonds is 11. The fraction of sp³-hybridized carbons (Fsp3) is 0.350. The van der Waals surface area contributed by atoms with Crippen LogP contribution in [0, 0.1) is 17.8 Å². The molecule has 266 valence electrons. The fourth-order valence-corrected chi connectivity index (χ4v) is 7.09. The van der Waals surface area contributed by atoms with Crippen LogP contribution >= 0.6 is 0 Å². The minimum atomic E-state index is -1.07. The summed E-state index contributed by atoms with van der Waals surface area (Å²) in [6, 6.07) is 9.82. The van der Waals surface area contributed by atoms with Gasteiger partial charge in [-0.25, -0.2) is 0 Å². The van der Waals surface area contributed by atoms with E-state index in [1.165, 1.54) is 7.05 Å². The van der Waals surface area contributed by atoms with Crippen LogP contribution in [-0.2, 0) is 23.2 Å². The van der Waals surface area contributed by atoms with Crippen LogP contribution in [0.25, 0.3) is 21.9 Å². The van der Waals surface area contributed by atoms with Gasteiger partial charge in [-0.1, -0.05) is 11.8 Å². The molecule has 52 heavy (non-hydrogen) atoms.